The van der Waals surface area contributed by atoms with E-state index in [1.54, 1.807) is 18.2 Å². The number of hydrogen-bond acceptors (Lipinski definition) is 4. The van der Waals surface area contributed by atoms with Crippen LogP contribution in [0, 0.1) is 11.8 Å². The van der Waals surface area contributed by atoms with Crippen LogP contribution in [-0.2, 0) is 4.79 Å². The van der Waals surface area contributed by atoms with Gasteiger partial charge in [-0.05, 0) is 31.0 Å². The monoisotopic (exact) mass is 290 g/mol. The molecule has 112 valence electrons. The molecule has 0 amide bonds. The van der Waals surface area contributed by atoms with Crippen molar-refractivity contribution in [3.63, 3.8) is 0 Å². The summed E-state index contributed by atoms with van der Waals surface area (Å²) in [6.07, 6.45) is 3.01. The van der Waals surface area contributed by atoms with Crippen LogP contribution in [0.1, 0.15) is 36.0 Å². The highest BCUT2D eigenvalue weighted by molar-refractivity contribution is 6.00. The number of Topliss-reactive ketones (excluding diaryl/α,β-unsaturated/α-hetero) is 1. The van der Waals surface area contributed by atoms with Crippen LogP contribution < -0.4 is 9.47 Å². The number of carbonyl (C=O) groups is 2. The third-order valence-corrected chi connectivity index (χ3v) is 4.25. The first-order valence-electron chi connectivity index (χ1n) is 7.33. The molecule has 2 unspecified atom stereocenters. The van der Waals surface area contributed by atoms with E-state index in [0.717, 1.165) is 12.8 Å². The van der Waals surface area contributed by atoms with Gasteiger partial charge < -0.3 is 14.6 Å². The maximum Gasteiger partial charge on any atom is 0.307 e. The van der Waals surface area contributed by atoms with Crippen molar-refractivity contribution in [1.29, 1.82) is 0 Å². The van der Waals surface area contributed by atoms with E-state index in [4.69, 9.17) is 9.47 Å². The zero-order valence-corrected chi connectivity index (χ0v) is 11.7. The van der Waals surface area contributed by atoms with Gasteiger partial charge in [-0.1, -0.05) is 12.8 Å². The number of carboxylic acid groups (broad SMARTS) is 1. The molecule has 3 rings (SSSR count). The Bertz CT molecular complexity index is 566. The number of benzene rings is 1. The molecule has 0 bridgehead atoms. The maximum absolute atomic E-state index is 12.6. The maximum atomic E-state index is 12.6. The van der Waals surface area contributed by atoms with E-state index < -0.39 is 17.8 Å². The summed E-state index contributed by atoms with van der Waals surface area (Å²) >= 11 is 0. The molecule has 21 heavy (non-hydrogen) atoms. The summed E-state index contributed by atoms with van der Waals surface area (Å²) < 4.78 is 10.9. The van der Waals surface area contributed by atoms with Crippen molar-refractivity contribution in [2.24, 2.45) is 11.8 Å². The highest BCUT2D eigenvalue weighted by Crippen LogP contribution is 2.36. The van der Waals surface area contributed by atoms with Gasteiger partial charge in [0.1, 0.15) is 13.2 Å². The zero-order valence-electron chi connectivity index (χ0n) is 11.7. The zero-order chi connectivity index (χ0) is 14.8. The van der Waals surface area contributed by atoms with E-state index in [2.05, 4.69) is 0 Å². The Kier molecular flexibility index (Phi) is 3.82. The van der Waals surface area contributed by atoms with E-state index in [0.29, 0.717) is 43.1 Å². The molecule has 1 aliphatic carbocycles. The molecule has 0 spiro atoms. The van der Waals surface area contributed by atoms with Gasteiger partial charge in [0.25, 0.3) is 0 Å². The Hall–Kier alpha value is -2.04. The Balaban J connectivity index is 1.85. The molecule has 2 atom stereocenters. The number of aliphatic carboxylic acids is 1. The first-order valence-corrected chi connectivity index (χ1v) is 7.33. The average molecular weight is 290 g/mol. The van der Waals surface area contributed by atoms with Crippen molar-refractivity contribution in [2.45, 2.75) is 25.7 Å². The number of ether oxygens (including phenoxy) is 2. The molecule has 0 aromatic heterocycles. The second kappa shape index (κ2) is 5.76. The molecule has 1 aromatic carbocycles. The quantitative estimate of drug-likeness (QED) is 0.866. The average Bonchev–Trinajstić information content (AvgIpc) is 2.53. The van der Waals surface area contributed by atoms with Gasteiger partial charge in [0.2, 0.25) is 0 Å². The molecule has 5 nitrogen and oxygen atoms in total. The second-order valence-electron chi connectivity index (χ2n) is 5.56. The number of rotatable bonds is 3. The Morgan fingerprint density at radius 1 is 1.00 bits per heavy atom. The Morgan fingerprint density at radius 3 is 2.38 bits per heavy atom. The minimum absolute atomic E-state index is 0.0981. The predicted molar refractivity (Wildman–Crippen MR) is 74.8 cm³/mol. The highest BCUT2D eigenvalue weighted by Gasteiger charge is 2.36. The van der Waals surface area contributed by atoms with Gasteiger partial charge in [0.05, 0.1) is 5.92 Å². The molecular weight excluding hydrogens is 272 g/mol. The van der Waals surface area contributed by atoms with Crippen LogP contribution in [0.15, 0.2) is 18.2 Å². The fourth-order valence-electron chi connectivity index (χ4n) is 3.15. The summed E-state index contributed by atoms with van der Waals surface area (Å²) in [4.78, 5) is 24.0. The van der Waals surface area contributed by atoms with Crippen LogP contribution in [0.5, 0.6) is 11.5 Å². The lowest BCUT2D eigenvalue weighted by Gasteiger charge is -2.27. The minimum Gasteiger partial charge on any atom is -0.486 e. The van der Waals surface area contributed by atoms with E-state index in [1.165, 1.54) is 0 Å². The molecule has 1 N–H and O–H groups in total. The lowest BCUT2D eigenvalue weighted by molar-refractivity contribution is -0.144. The van der Waals surface area contributed by atoms with E-state index in [9.17, 15) is 14.7 Å². The summed E-state index contributed by atoms with van der Waals surface area (Å²) in [7, 11) is 0. The van der Waals surface area contributed by atoms with Gasteiger partial charge in [0.15, 0.2) is 17.3 Å². The van der Waals surface area contributed by atoms with E-state index in [1.807, 2.05) is 0 Å². The van der Waals surface area contributed by atoms with Crippen LogP contribution in [0.2, 0.25) is 0 Å². The van der Waals surface area contributed by atoms with Crippen LogP contribution in [0.3, 0.4) is 0 Å². The molecule has 0 saturated heterocycles. The van der Waals surface area contributed by atoms with Gasteiger partial charge in [-0.3, -0.25) is 9.59 Å². The molecule has 5 heteroatoms. The van der Waals surface area contributed by atoms with Gasteiger partial charge in [-0.25, -0.2) is 0 Å². The summed E-state index contributed by atoms with van der Waals surface area (Å²) in [6, 6.07) is 5.09. The van der Waals surface area contributed by atoms with Crippen LogP contribution in [0.25, 0.3) is 0 Å². The second-order valence-corrected chi connectivity index (χ2v) is 5.56. The fraction of sp³-hybridized carbons (Fsp3) is 0.500. The van der Waals surface area contributed by atoms with Crippen molar-refractivity contribution >= 4 is 11.8 Å². The lowest BCUT2D eigenvalue weighted by atomic mass is 9.75. The SMILES string of the molecule is O=C(O)C1CCCCC1C(=O)c1ccc2c(c1)OCCO2. The van der Waals surface area contributed by atoms with Gasteiger partial charge in [0, 0.05) is 11.5 Å². The Labute approximate surface area is 122 Å². The largest absolute Gasteiger partial charge is 0.486 e. The van der Waals surface area contributed by atoms with Crippen molar-refractivity contribution in [3.05, 3.63) is 23.8 Å². The summed E-state index contributed by atoms with van der Waals surface area (Å²) in [6.45, 7) is 0.968. The molecule has 0 radical (unpaired) electrons. The number of carboxylic acids is 1. The third-order valence-electron chi connectivity index (χ3n) is 4.25. The van der Waals surface area contributed by atoms with Crippen molar-refractivity contribution in [3.8, 4) is 11.5 Å². The normalized spacial score (nSPS) is 24.4. The topological polar surface area (TPSA) is 72.8 Å². The Morgan fingerprint density at radius 2 is 1.67 bits per heavy atom. The molecular formula is C16H18O5. The third kappa shape index (κ3) is 2.73. The molecule has 1 saturated carbocycles. The van der Waals surface area contributed by atoms with Crippen molar-refractivity contribution in [1.82, 2.24) is 0 Å². The van der Waals surface area contributed by atoms with Gasteiger partial charge in [-0.15, -0.1) is 0 Å². The van der Waals surface area contributed by atoms with Crippen LogP contribution >= 0.6 is 0 Å². The minimum atomic E-state index is -0.870. The van der Waals surface area contributed by atoms with Crippen molar-refractivity contribution < 1.29 is 24.2 Å². The van der Waals surface area contributed by atoms with E-state index >= 15 is 0 Å². The van der Waals surface area contributed by atoms with Crippen LogP contribution in [-0.4, -0.2) is 30.1 Å². The summed E-state index contributed by atoms with van der Waals surface area (Å²) in [5.41, 5.74) is 0.511. The van der Waals surface area contributed by atoms with Gasteiger partial charge in [-0.2, -0.15) is 0 Å². The fourth-order valence-corrected chi connectivity index (χ4v) is 3.15. The number of hydrogen-bond donors (Lipinski definition) is 1. The summed E-state index contributed by atoms with van der Waals surface area (Å²) in [5.74, 6) is -0.770. The van der Waals surface area contributed by atoms with Gasteiger partial charge >= 0.3 is 5.97 Å². The number of ketones is 1. The highest BCUT2D eigenvalue weighted by atomic mass is 16.6. The smallest absolute Gasteiger partial charge is 0.307 e. The first-order chi connectivity index (χ1) is 10.2. The lowest BCUT2D eigenvalue weighted by Crippen LogP contribution is -2.32. The number of carbonyl (C=O) groups excluding carboxylic acids is 1. The molecule has 2 aliphatic rings. The molecule has 1 aliphatic heterocycles. The molecule has 1 fully saturated rings. The van der Waals surface area contributed by atoms with Crippen molar-refractivity contribution in [2.75, 3.05) is 13.2 Å². The van der Waals surface area contributed by atoms with Crippen LogP contribution in [0.4, 0.5) is 0 Å². The van der Waals surface area contributed by atoms with E-state index in [-0.39, 0.29) is 5.78 Å². The predicted octanol–water partition coefficient (Wildman–Crippen LogP) is 2.53. The first kappa shape index (κ1) is 13.9. The molecule has 1 heterocycles. The summed E-state index contributed by atoms with van der Waals surface area (Å²) in [5, 5.41) is 9.30. The molecule has 1 aromatic rings. The number of fused-ring (bicyclic) bond motifs is 1. The standard InChI is InChI=1S/C16H18O5/c17-15(11-3-1-2-4-12(11)16(18)19)10-5-6-13-14(9-10)21-8-7-20-13/h5-6,9,11-12H,1-4,7-8H2,(H,18,19).